The predicted octanol–water partition coefficient (Wildman–Crippen LogP) is 5.21. The predicted molar refractivity (Wildman–Crippen MR) is 116 cm³/mol. The summed E-state index contributed by atoms with van der Waals surface area (Å²) in [6, 6.07) is 10.0. The molecule has 1 aromatic heterocycles. The molecule has 1 fully saturated rings. The first-order valence-corrected chi connectivity index (χ1v) is 11.3. The summed E-state index contributed by atoms with van der Waals surface area (Å²) in [4.78, 5) is 0. The topological polar surface area (TPSA) is 58.3 Å². The molecule has 2 aromatic carbocycles. The Labute approximate surface area is 188 Å². The van der Waals surface area contributed by atoms with Crippen LogP contribution in [0.5, 0.6) is 0 Å². The van der Waals surface area contributed by atoms with E-state index in [9.17, 15) is 27.8 Å². The first kappa shape index (κ1) is 22.3. The third-order valence-corrected chi connectivity index (χ3v) is 7.97. The molecule has 33 heavy (non-hydrogen) atoms. The molecule has 0 amide bonds. The molecular weight excluding hydrogens is 436 g/mol. The largest absolute Gasteiger partial charge is 0.419 e. The fourth-order valence-electron chi connectivity index (χ4n) is 6.14. The van der Waals surface area contributed by atoms with Gasteiger partial charge in [0.15, 0.2) is 5.60 Å². The zero-order chi connectivity index (χ0) is 23.6. The summed E-state index contributed by atoms with van der Waals surface area (Å²) in [5, 5.41) is 26.4. The second kappa shape index (κ2) is 7.53. The third-order valence-electron chi connectivity index (χ3n) is 7.97. The van der Waals surface area contributed by atoms with Crippen LogP contribution >= 0.6 is 0 Å². The van der Waals surface area contributed by atoms with Gasteiger partial charge in [-0.05, 0) is 92.0 Å². The lowest BCUT2D eigenvalue weighted by atomic mass is 9.55. The fourth-order valence-corrected chi connectivity index (χ4v) is 6.14. The highest BCUT2D eigenvalue weighted by atomic mass is 19.4. The number of alkyl halides is 3. The van der Waals surface area contributed by atoms with Gasteiger partial charge in [-0.25, -0.2) is 9.07 Å². The van der Waals surface area contributed by atoms with Gasteiger partial charge in [0.25, 0.3) is 0 Å². The molecule has 2 aliphatic rings. The van der Waals surface area contributed by atoms with E-state index in [4.69, 9.17) is 0 Å². The van der Waals surface area contributed by atoms with Crippen LogP contribution in [0.25, 0.3) is 16.6 Å². The van der Waals surface area contributed by atoms with Crippen molar-refractivity contribution in [2.45, 2.75) is 68.7 Å². The lowest BCUT2D eigenvalue weighted by Crippen LogP contribution is -2.62. The van der Waals surface area contributed by atoms with E-state index in [-0.39, 0.29) is 12.2 Å². The Morgan fingerprint density at radius 1 is 1.15 bits per heavy atom. The maximum atomic E-state index is 13.7. The van der Waals surface area contributed by atoms with E-state index in [0.29, 0.717) is 31.4 Å². The Morgan fingerprint density at radius 2 is 1.88 bits per heavy atom. The maximum absolute atomic E-state index is 13.7. The lowest BCUT2D eigenvalue weighted by Gasteiger charge is -2.52. The van der Waals surface area contributed by atoms with Gasteiger partial charge in [0.1, 0.15) is 5.82 Å². The number of aromatic nitrogens is 2. The molecule has 0 radical (unpaired) electrons. The van der Waals surface area contributed by atoms with Crippen molar-refractivity contribution >= 4 is 10.9 Å². The Bertz CT molecular complexity index is 1190. The van der Waals surface area contributed by atoms with Crippen LogP contribution in [0.2, 0.25) is 0 Å². The number of nitrogens with zero attached hydrogens (tertiary/aromatic N) is 2. The van der Waals surface area contributed by atoms with E-state index >= 15 is 0 Å². The van der Waals surface area contributed by atoms with Crippen molar-refractivity contribution in [1.82, 2.24) is 9.78 Å². The highest BCUT2D eigenvalue weighted by Crippen LogP contribution is 2.57. The lowest BCUT2D eigenvalue weighted by molar-refractivity contribution is -0.310. The van der Waals surface area contributed by atoms with Gasteiger partial charge in [0.05, 0.1) is 23.5 Å². The zero-order valence-corrected chi connectivity index (χ0v) is 18.2. The summed E-state index contributed by atoms with van der Waals surface area (Å²) >= 11 is 0. The van der Waals surface area contributed by atoms with Crippen molar-refractivity contribution in [3.8, 4) is 5.69 Å². The number of hydrogen-bond acceptors (Lipinski definition) is 3. The van der Waals surface area contributed by atoms with E-state index < -0.39 is 35.6 Å². The minimum atomic E-state index is -4.89. The normalized spacial score (nSPS) is 30.0. The van der Waals surface area contributed by atoms with Crippen LogP contribution in [0.1, 0.15) is 50.2 Å². The van der Waals surface area contributed by atoms with Crippen molar-refractivity contribution in [2.24, 2.45) is 5.92 Å². The molecule has 8 heteroatoms. The van der Waals surface area contributed by atoms with E-state index in [0.717, 1.165) is 22.0 Å². The van der Waals surface area contributed by atoms with Crippen LogP contribution in [0.15, 0.2) is 42.6 Å². The summed E-state index contributed by atoms with van der Waals surface area (Å²) in [5.41, 5.74) is -0.213. The molecule has 0 saturated heterocycles. The van der Waals surface area contributed by atoms with Crippen molar-refractivity contribution in [3.63, 3.8) is 0 Å². The van der Waals surface area contributed by atoms with E-state index in [1.165, 1.54) is 12.1 Å². The average Bonchev–Trinajstić information content (AvgIpc) is 3.11. The summed E-state index contributed by atoms with van der Waals surface area (Å²) in [7, 11) is 0. The molecule has 176 valence electrons. The number of aryl methyl sites for hydroxylation is 1. The Kier molecular flexibility index (Phi) is 5.10. The monoisotopic (exact) mass is 462 g/mol. The Hall–Kier alpha value is -2.45. The van der Waals surface area contributed by atoms with Crippen molar-refractivity contribution < 1.29 is 27.8 Å². The third kappa shape index (κ3) is 3.29. The molecule has 0 spiro atoms. The number of halogens is 4. The van der Waals surface area contributed by atoms with Crippen molar-refractivity contribution in [1.29, 1.82) is 0 Å². The number of aliphatic hydroxyl groups excluding tert-OH is 1. The number of benzene rings is 2. The fraction of sp³-hybridized carbons (Fsp3) is 0.480. The highest BCUT2D eigenvalue weighted by molar-refractivity contribution is 5.82. The molecule has 3 aromatic rings. The zero-order valence-electron chi connectivity index (χ0n) is 18.2. The molecule has 1 saturated carbocycles. The van der Waals surface area contributed by atoms with Gasteiger partial charge >= 0.3 is 6.18 Å². The second-order valence-electron chi connectivity index (χ2n) is 9.55. The van der Waals surface area contributed by atoms with E-state index in [2.05, 4.69) is 5.10 Å². The van der Waals surface area contributed by atoms with Crippen LogP contribution in [0.4, 0.5) is 17.6 Å². The molecule has 2 aliphatic carbocycles. The molecule has 5 rings (SSSR count). The van der Waals surface area contributed by atoms with Crippen LogP contribution < -0.4 is 0 Å². The van der Waals surface area contributed by atoms with Gasteiger partial charge in [-0.2, -0.15) is 18.3 Å². The van der Waals surface area contributed by atoms with Gasteiger partial charge in [0.2, 0.25) is 0 Å². The van der Waals surface area contributed by atoms with Crippen LogP contribution in [-0.2, 0) is 11.8 Å². The second-order valence-corrected chi connectivity index (χ2v) is 9.55. The molecule has 4 nitrogen and oxygen atoms in total. The molecular formula is C25H26F4N2O2. The smallest absolute Gasteiger partial charge is 0.390 e. The molecule has 1 heterocycles. The van der Waals surface area contributed by atoms with E-state index in [1.807, 2.05) is 19.1 Å². The molecule has 0 aliphatic heterocycles. The maximum Gasteiger partial charge on any atom is 0.419 e. The van der Waals surface area contributed by atoms with Crippen molar-refractivity contribution in [2.75, 3.05) is 0 Å². The highest BCUT2D eigenvalue weighted by Gasteiger charge is 2.65. The van der Waals surface area contributed by atoms with Crippen LogP contribution in [0.3, 0.4) is 0 Å². The van der Waals surface area contributed by atoms with E-state index in [1.54, 1.807) is 23.0 Å². The number of aliphatic hydroxyl groups is 2. The van der Waals surface area contributed by atoms with Crippen LogP contribution in [0, 0.1) is 11.7 Å². The van der Waals surface area contributed by atoms with Gasteiger partial charge in [-0.15, -0.1) is 0 Å². The first-order chi connectivity index (χ1) is 15.6. The first-order valence-electron chi connectivity index (χ1n) is 11.3. The standard InChI is InChI=1S/C25H26F4N2O2/c1-2-23-13-22(32)24(33,25(27,28)29)12-17(23)5-3-4-15-11-21-16(10-20(15)23)14-30-31(21)19-8-6-18(26)7-9-19/h6-11,14,17,22,32-33H,2-5,12-13H2,1H3/t17-,22+,23-,24+/m1/s1. The Morgan fingerprint density at radius 3 is 2.55 bits per heavy atom. The summed E-state index contributed by atoms with van der Waals surface area (Å²) < 4.78 is 56.2. The minimum Gasteiger partial charge on any atom is -0.390 e. The van der Waals surface area contributed by atoms with Crippen molar-refractivity contribution in [3.05, 3.63) is 59.5 Å². The van der Waals surface area contributed by atoms with Gasteiger partial charge < -0.3 is 10.2 Å². The summed E-state index contributed by atoms with van der Waals surface area (Å²) in [6.45, 7) is 1.94. The minimum absolute atomic E-state index is 0.144. The number of hydrogen-bond donors (Lipinski definition) is 2. The van der Waals surface area contributed by atoms with Gasteiger partial charge in [0, 0.05) is 10.8 Å². The van der Waals surface area contributed by atoms with Gasteiger partial charge in [-0.1, -0.05) is 6.92 Å². The SMILES string of the molecule is CC[C@@]12C[C@H](O)[C@](O)(C(F)(F)F)C[C@H]1CCCc1cc3c(cnn3-c3ccc(F)cc3)cc12. The number of fused-ring (bicyclic) bond motifs is 4. The molecule has 2 N–H and O–H groups in total. The summed E-state index contributed by atoms with van der Waals surface area (Å²) in [5.74, 6) is -0.738. The van der Waals surface area contributed by atoms with Crippen LogP contribution in [-0.4, -0.2) is 37.9 Å². The number of rotatable bonds is 2. The Balaban J connectivity index is 1.64. The summed E-state index contributed by atoms with van der Waals surface area (Å²) in [6.07, 6.45) is -3.22. The quantitative estimate of drug-likeness (QED) is 0.514. The average molecular weight is 462 g/mol. The molecule has 0 unspecified atom stereocenters. The van der Waals surface area contributed by atoms with Gasteiger partial charge in [-0.3, -0.25) is 0 Å². The molecule has 0 bridgehead atoms. The molecule has 4 atom stereocenters.